The van der Waals surface area contributed by atoms with E-state index in [1.807, 2.05) is 18.4 Å². The average molecular weight is 248 g/mol. The number of thiophene rings is 1. The van der Waals surface area contributed by atoms with Crippen molar-refractivity contribution >= 4 is 23.1 Å². The highest BCUT2D eigenvalue weighted by atomic mass is 32.1. The minimum Gasteiger partial charge on any atom is -0.382 e. The van der Waals surface area contributed by atoms with Crippen molar-refractivity contribution < 1.29 is 4.79 Å². The number of nitrogen functional groups attached to an aromatic ring is 1. The van der Waals surface area contributed by atoms with Crippen molar-refractivity contribution in [2.45, 2.75) is 13.5 Å². The topological polar surface area (TPSA) is 80.9 Å². The van der Waals surface area contributed by atoms with Crippen molar-refractivity contribution in [2.24, 2.45) is 0 Å². The normalized spacial score (nSPS) is 10.2. The van der Waals surface area contributed by atoms with E-state index in [-0.39, 0.29) is 11.6 Å². The first-order valence-corrected chi connectivity index (χ1v) is 5.95. The van der Waals surface area contributed by atoms with Crippen molar-refractivity contribution in [1.29, 1.82) is 0 Å². The summed E-state index contributed by atoms with van der Waals surface area (Å²) in [5, 5.41) is 12.1. The Morgan fingerprint density at radius 3 is 2.82 bits per heavy atom. The Hall–Kier alpha value is -1.95. The number of nitrogens with zero attached hydrogens (tertiary/aromatic N) is 2. The second-order valence-corrected chi connectivity index (χ2v) is 4.55. The lowest BCUT2D eigenvalue weighted by Crippen LogP contribution is -2.24. The standard InChI is InChI=1S/C11H12N4OS/c1-7-4-5-17-9(7)6-13-11(16)8-2-3-10(12)15-14-8/h2-5H,6H2,1H3,(H2,12,15)(H,13,16). The lowest BCUT2D eigenvalue weighted by Gasteiger charge is -2.03. The Balaban J connectivity index is 1.98. The summed E-state index contributed by atoms with van der Waals surface area (Å²) in [6.45, 7) is 2.52. The van der Waals surface area contributed by atoms with Gasteiger partial charge in [-0.1, -0.05) is 0 Å². The number of carbonyl (C=O) groups excluding carboxylic acids is 1. The first-order valence-electron chi connectivity index (χ1n) is 5.07. The molecule has 6 heteroatoms. The molecule has 2 heterocycles. The maximum Gasteiger partial charge on any atom is 0.272 e. The van der Waals surface area contributed by atoms with Gasteiger partial charge in [0.25, 0.3) is 5.91 Å². The zero-order chi connectivity index (χ0) is 12.3. The predicted molar refractivity (Wildman–Crippen MR) is 66.7 cm³/mol. The molecule has 0 radical (unpaired) electrons. The molecule has 0 aliphatic heterocycles. The number of hydrogen-bond acceptors (Lipinski definition) is 5. The molecule has 0 fully saturated rings. The Kier molecular flexibility index (Phi) is 3.34. The monoisotopic (exact) mass is 248 g/mol. The third-order valence-corrected chi connectivity index (χ3v) is 3.32. The lowest BCUT2D eigenvalue weighted by atomic mass is 10.3. The van der Waals surface area contributed by atoms with Crippen LogP contribution >= 0.6 is 11.3 Å². The van der Waals surface area contributed by atoms with Gasteiger partial charge in [-0.25, -0.2) is 0 Å². The Morgan fingerprint density at radius 1 is 1.41 bits per heavy atom. The number of aromatic nitrogens is 2. The molecule has 2 aromatic heterocycles. The van der Waals surface area contributed by atoms with E-state index in [1.165, 1.54) is 5.56 Å². The van der Waals surface area contributed by atoms with Crippen LogP contribution in [0.1, 0.15) is 20.9 Å². The smallest absolute Gasteiger partial charge is 0.272 e. The summed E-state index contributed by atoms with van der Waals surface area (Å²) in [5.74, 6) is 0.0564. The minimum atomic E-state index is -0.245. The van der Waals surface area contributed by atoms with Gasteiger partial charge in [-0.15, -0.1) is 21.5 Å². The van der Waals surface area contributed by atoms with Crippen LogP contribution in [0.3, 0.4) is 0 Å². The highest BCUT2D eigenvalue weighted by Gasteiger charge is 2.08. The molecule has 0 unspecified atom stereocenters. The molecule has 0 saturated carbocycles. The predicted octanol–water partition coefficient (Wildman–Crippen LogP) is 1.36. The molecule has 0 aliphatic carbocycles. The molecule has 0 spiro atoms. The van der Waals surface area contributed by atoms with Gasteiger partial charge in [0.15, 0.2) is 5.69 Å². The van der Waals surface area contributed by atoms with E-state index in [9.17, 15) is 4.79 Å². The molecule has 5 nitrogen and oxygen atoms in total. The van der Waals surface area contributed by atoms with E-state index in [0.29, 0.717) is 12.4 Å². The molecule has 2 aromatic rings. The fourth-order valence-corrected chi connectivity index (χ4v) is 2.15. The molecule has 0 aromatic carbocycles. The summed E-state index contributed by atoms with van der Waals surface area (Å²) in [6, 6.07) is 5.13. The number of amides is 1. The fraction of sp³-hybridized carbons (Fsp3) is 0.182. The van der Waals surface area contributed by atoms with Crippen LogP contribution in [0.5, 0.6) is 0 Å². The summed E-state index contributed by atoms with van der Waals surface area (Å²) in [4.78, 5) is 12.9. The number of carbonyl (C=O) groups is 1. The van der Waals surface area contributed by atoms with Gasteiger partial charge in [0.05, 0.1) is 6.54 Å². The molecule has 88 valence electrons. The number of hydrogen-bond donors (Lipinski definition) is 2. The van der Waals surface area contributed by atoms with E-state index >= 15 is 0 Å². The van der Waals surface area contributed by atoms with Crippen LogP contribution in [0.25, 0.3) is 0 Å². The van der Waals surface area contributed by atoms with Gasteiger partial charge in [-0.2, -0.15) is 0 Å². The Morgan fingerprint density at radius 2 is 2.24 bits per heavy atom. The molecule has 3 N–H and O–H groups in total. The van der Waals surface area contributed by atoms with Gasteiger partial charge >= 0.3 is 0 Å². The zero-order valence-corrected chi connectivity index (χ0v) is 10.1. The molecular weight excluding hydrogens is 236 g/mol. The molecular formula is C11H12N4OS. The third kappa shape index (κ3) is 2.79. The Labute approximate surface area is 103 Å². The van der Waals surface area contributed by atoms with Gasteiger partial charge in [0.2, 0.25) is 0 Å². The van der Waals surface area contributed by atoms with Gasteiger partial charge in [-0.3, -0.25) is 4.79 Å². The lowest BCUT2D eigenvalue weighted by molar-refractivity contribution is 0.0945. The third-order valence-electron chi connectivity index (χ3n) is 2.30. The van der Waals surface area contributed by atoms with Crippen molar-refractivity contribution in [1.82, 2.24) is 15.5 Å². The number of aryl methyl sites for hydroxylation is 1. The van der Waals surface area contributed by atoms with Gasteiger partial charge in [-0.05, 0) is 36.1 Å². The molecule has 0 bridgehead atoms. The van der Waals surface area contributed by atoms with E-state index in [0.717, 1.165) is 4.88 Å². The number of rotatable bonds is 3. The van der Waals surface area contributed by atoms with Crippen LogP contribution < -0.4 is 11.1 Å². The van der Waals surface area contributed by atoms with Crippen molar-refractivity contribution in [3.63, 3.8) is 0 Å². The summed E-state index contributed by atoms with van der Waals surface area (Å²) in [6.07, 6.45) is 0. The number of nitrogens with one attached hydrogen (secondary N) is 1. The van der Waals surface area contributed by atoms with Crippen LogP contribution in [0, 0.1) is 6.92 Å². The largest absolute Gasteiger partial charge is 0.382 e. The maximum absolute atomic E-state index is 11.7. The second-order valence-electron chi connectivity index (χ2n) is 3.55. The molecule has 0 aliphatic rings. The summed E-state index contributed by atoms with van der Waals surface area (Å²) in [7, 11) is 0. The summed E-state index contributed by atoms with van der Waals surface area (Å²) >= 11 is 1.62. The molecule has 17 heavy (non-hydrogen) atoms. The van der Waals surface area contributed by atoms with Crippen molar-refractivity contribution in [2.75, 3.05) is 5.73 Å². The molecule has 0 saturated heterocycles. The summed E-state index contributed by atoms with van der Waals surface area (Å²) < 4.78 is 0. The van der Waals surface area contributed by atoms with E-state index < -0.39 is 0 Å². The van der Waals surface area contributed by atoms with Crippen LogP contribution in [-0.4, -0.2) is 16.1 Å². The van der Waals surface area contributed by atoms with E-state index in [4.69, 9.17) is 5.73 Å². The van der Waals surface area contributed by atoms with Crippen LogP contribution in [0.4, 0.5) is 5.82 Å². The van der Waals surface area contributed by atoms with Gasteiger partial charge in [0, 0.05) is 4.88 Å². The fourth-order valence-electron chi connectivity index (χ4n) is 1.30. The minimum absolute atomic E-state index is 0.245. The number of anilines is 1. The van der Waals surface area contributed by atoms with Crippen molar-refractivity contribution in [3.8, 4) is 0 Å². The highest BCUT2D eigenvalue weighted by molar-refractivity contribution is 7.10. The van der Waals surface area contributed by atoms with Crippen LogP contribution in [0.15, 0.2) is 23.6 Å². The SMILES string of the molecule is Cc1ccsc1CNC(=O)c1ccc(N)nn1. The van der Waals surface area contributed by atoms with E-state index in [2.05, 4.69) is 15.5 Å². The maximum atomic E-state index is 11.7. The van der Waals surface area contributed by atoms with Crippen LogP contribution in [0.2, 0.25) is 0 Å². The highest BCUT2D eigenvalue weighted by Crippen LogP contribution is 2.14. The van der Waals surface area contributed by atoms with Gasteiger partial charge in [0.1, 0.15) is 5.82 Å². The molecule has 0 atom stereocenters. The first kappa shape index (κ1) is 11.5. The first-order chi connectivity index (χ1) is 8.16. The average Bonchev–Trinajstić information content (AvgIpc) is 2.73. The molecule has 2 rings (SSSR count). The zero-order valence-electron chi connectivity index (χ0n) is 9.30. The quantitative estimate of drug-likeness (QED) is 0.859. The Bertz CT molecular complexity index is 521. The summed E-state index contributed by atoms with van der Waals surface area (Å²) in [5.41, 5.74) is 6.85. The second kappa shape index (κ2) is 4.92. The molecule has 1 amide bonds. The van der Waals surface area contributed by atoms with Crippen molar-refractivity contribution in [3.05, 3.63) is 39.7 Å². The van der Waals surface area contributed by atoms with Crippen LogP contribution in [-0.2, 0) is 6.54 Å². The van der Waals surface area contributed by atoms with Gasteiger partial charge < -0.3 is 11.1 Å². The van der Waals surface area contributed by atoms with E-state index in [1.54, 1.807) is 23.5 Å². The number of nitrogens with two attached hydrogens (primary N) is 1.